The van der Waals surface area contributed by atoms with Crippen molar-refractivity contribution in [1.29, 1.82) is 0 Å². The van der Waals surface area contributed by atoms with E-state index in [1.807, 2.05) is 20.8 Å². The first-order valence-electron chi connectivity index (χ1n) is 8.27. The van der Waals surface area contributed by atoms with Crippen LogP contribution in [-0.4, -0.2) is 23.8 Å². The highest BCUT2D eigenvalue weighted by Crippen LogP contribution is 2.28. The lowest BCUT2D eigenvalue weighted by Gasteiger charge is -2.37. The molecule has 4 nitrogen and oxygen atoms in total. The summed E-state index contributed by atoms with van der Waals surface area (Å²) < 4.78 is 5.28. The van der Waals surface area contributed by atoms with Gasteiger partial charge in [-0.1, -0.05) is 6.07 Å². The van der Waals surface area contributed by atoms with E-state index in [2.05, 4.69) is 28.8 Å². The van der Waals surface area contributed by atoms with Crippen LogP contribution in [0.25, 0.3) is 0 Å². The Morgan fingerprint density at radius 1 is 1.14 bits per heavy atom. The third kappa shape index (κ3) is 3.73. The highest BCUT2D eigenvalue weighted by atomic mass is 16.6. The van der Waals surface area contributed by atoms with Gasteiger partial charge in [0.25, 0.3) is 0 Å². The van der Waals surface area contributed by atoms with E-state index in [9.17, 15) is 4.79 Å². The van der Waals surface area contributed by atoms with E-state index in [4.69, 9.17) is 4.74 Å². The van der Waals surface area contributed by atoms with E-state index >= 15 is 0 Å². The molecule has 1 aromatic rings. The fourth-order valence-electron chi connectivity index (χ4n) is 3.23. The first-order valence-corrected chi connectivity index (χ1v) is 8.27. The van der Waals surface area contributed by atoms with E-state index in [1.165, 1.54) is 36.1 Å². The number of carbonyl (C=O) groups excluding carboxylic acids is 1. The molecule has 0 spiro atoms. The molecule has 0 heterocycles. The summed E-state index contributed by atoms with van der Waals surface area (Å²) in [5.41, 5.74) is 3.77. The van der Waals surface area contributed by atoms with Crippen LogP contribution in [0.5, 0.6) is 0 Å². The molecule has 0 saturated heterocycles. The molecular weight excluding hydrogens is 276 g/mol. The molecule has 0 atom stereocenters. The number of rotatable bonds is 3. The van der Waals surface area contributed by atoms with Gasteiger partial charge < -0.3 is 15.4 Å². The molecule has 120 valence electrons. The Morgan fingerprint density at radius 3 is 2.59 bits per heavy atom. The number of carbonyl (C=O) groups is 1. The van der Waals surface area contributed by atoms with Crippen molar-refractivity contribution in [2.75, 3.05) is 5.32 Å². The number of hydrogen-bond donors (Lipinski definition) is 2. The molecule has 1 aromatic carbocycles. The second kappa shape index (κ2) is 5.82. The standard InChI is InChI=1S/C18H26N2O2/c1-18(2,3)22-17(21)20-16-10-15(11-16)19-14-8-7-12-5-4-6-13(12)9-14/h7-9,15-16,19H,4-6,10-11H2,1-3H3,(H,20,21). The van der Waals surface area contributed by atoms with Gasteiger partial charge in [-0.25, -0.2) is 4.79 Å². The number of hydrogen-bond acceptors (Lipinski definition) is 3. The van der Waals surface area contributed by atoms with E-state index in [1.54, 1.807) is 0 Å². The summed E-state index contributed by atoms with van der Waals surface area (Å²) in [6, 6.07) is 7.39. The lowest BCUT2D eigenvalue weighted by atomic mass is 9.86. The molecule has 0 radical (unpaired) electrons. The summed E-state index contributed by atoms with van der Waals surface area (Å²) >= 11 is 0. The van der Waals surface area contributed by atoms with Gasteiger partial charge in [0.1, 0.15) is 5.60 Å². The molecule has 1 saturated carbocycles. The Bertz CT molecular complexity index is 557. The summed E-state index contributed by atoms with van der Waals surface area (Å²) in [6.45, 7) is 5.64. The minimum Gasteiger partial charge on any atom is -0.444 e. The van der Waals surface area contributed by atoms with Crippen LogP contribution < -0.4 is 10.6 Å². The van der Waals surface area contributed by atoms with Gasteiger partial charge in [-0.2, -0.15) is 0 Å². The molecule has 22 heavy (non-hydrogen) atoms. The Hall–Kier alpha value is -1.71. The number of aryl methyl sites for hydroxylation is 2. The molecule has 0 bridgehead atoms. The normalized spacial score (nSPS) is 23.4. The number of nitrogens with one attached hydrogen (secondary N) is 2. The Kier molecular flexibility index (Phi) is 4.02. The van der Waals surface area contributed by atoms with Gasteiger partial charge in [0.2, 0.25) is 0 Å². The molecule has 0 aliphatic heterocycles. The van der Waals surface area contributed by atoms with E-state index < -0.39 is 5.60 Å². The molecule has 4 heteroatoms. The maximum absolute atomic E-state index is 11.7. The fourth-order valence-corrected chi connectivity index (χ4v) is 3.23. The maximum atomic E-state index is 11.7. The summed E-state index contributed by atoms with van der Waals surface area (Å²) in [4.78, 5) is 11.7. The van der Waals surface area contributed by atoms with Crippen molar-refractivity contribution in [2.24, 2.45) is 0 Å². The lowest BCUT2D eigenvalue weighted by Crippen LogP contribution is -2.50. The van der Waals surface area contributed by atoms with Crippen molar-refractivity contribution in [3.8, 4) is 0 Å². The van der Waals surface area contributed by atoms with E-state index in [0.29, 0.717) is 6.04 Å². The molecular formula is C18H26N2O2. The fraction of sp³-hybridized carbons (Fsp3) is 0.611. The van der Waals surface area contributed by atoms with Crippen LogP contribution in [0, 0.1) is 0 Å². The van der Waals surface area contributed by atoms with Gasteiger partial charge in [-0.3, -0.25) is 0 Å². The summed E-state index contributed by atoms with van der Waals surface area (Å²) in [5, 5.41) is 6.50. The van der Waals surface area contributed by atoms with Gasteiger partial charge in [0, 0.05) is 17.8 Å². The second-order valence-corrected chi connectivity index (χ2v) is 7.49. The van der Waals surface area contributed by atoms with Crippen molar-refractivity contribution < 1.29 is 9.53 Å². The third-order valence-corrected chi connectivity index (χ3v) is 4.33. The zero-order valence-electron chi connectivity index (χ0n) is 13.7. The van der Waals surface area contributed by atoms with Gasteiger partial charge >= 0.3 is 6.09 Å². The van der Waals surface area contributed by atoms with Crippen LogP contribution >= 0.6 is 0 Å². The number of anilines is 1. The van der Waals surface area contributed by atoms with Crippen LogP contribution in [0.3, 0.4) is 0 Å². The van der Waals surface area contributed by atoms with Gasteiger partial charge in [-0.15, -0.1) is 0 Å². The smallest absolute Gasteiger partial charge is 0.407 e. The monoisotopic (exact) mass is 302 g/mol. The number of alkyl carbamates (subject to hydrolysis) is 1. The number of ether oxygens (including phenoxy) is 1. The van der Waals surface area contributed by atoms with Crippen molar-refractivity contribution in [3.05, 3.63) is 29.3 Å². The van der Waals surface area contributed by atoms with Crippen molar-refractivity contribution >= 4 is 11.8 Å². The number of benzene rings is 1. The maximum Gasteiger partial charge on any atom is 0.407 e. The Morgan fingerprint density at radius 2 is 1.86 bits per heavy atom. The molecule has 3 rings (SSSR count). The number of amides is 1. The van der Waals surface area contributed by atoms with Crippen molar-refractivity contribution in [2.45, 2.75) is 70.6 Å². The largest absolute Gasteiger partial charge is 0.444 e. The molecule has 1 fully saturated rings. The third-order valence-electron chi connectivity index (χ3n) is 4.33. The second-order valence-electron chi connectivity index (χ2n) is 7.49. The number of fused-ring (bicyclic) bond motifs is 1. The molecule has 2 N–H and O–H groups in total. The summed E-state index contributed by atoms with van der Waals surface area (Å²) in [7, 11) is 0. The highest BCUT2D eigenvalue weighted by Gasteiger charge is 2.31. The molecule has 1 amide bonds. The van der Waals surface area contributed by atoms with Gasteiger partial charge in [0.15, 0.2) is 0 Å². The average molecular weight is 302 g/mol. The van der Waals surface area contributed by atoms with Crippen molar-refractivity contribution in [1.82, 2.24) is 5.32 Å². The average Bonchev–Trinajstić information content (AvgIpc) is 2.81. The van der Waals surface area contributed by atoms with Crippen LogP contribution in [0.1, 0.15) is 51.2 Å². The Balaban J connectivity index is 1.43. The molecule has 2 aliphatic rings. The van der Waals surface area contributed by atoms with Crippen molar-refractivity contribution in [3.63, 3.8) is 0 Å². The minimum atomic E-state index is -0.435. The van der Waals surface area contributed by atoms with Crippen LogP contribution in [0.15, 0.2) is 18.2 Å². The van der Waals surface area contributed by atoms with Crippen LogP contribution in [0.4, 0.5) is 10.5 Å². The first kappa shape index (κ1) is 15.2. The first-order chi connectivity index (χ1) is 10.4. The van der Waals surface area contributed by atoms with Gasteiger partial charge in [0.05, 0.1) is 0 Å². The van der Waals surface area contributed by atoms with Gasteiger partial charge in [-0.05, 0) is 76.1 Å². The molecule has 0 aromatic heterocycles. The zero-order chi connectivity index (χ0) is 15.7. The topological polar surface area (TPSA) is 50.4 Å². The van der Waals surface area contributed by atoms with E-state index in [-0.39, 0.29) is 12.1 Å². The minimum absolute atomic E-state index is 0.224. The quantitative estimate of drug-likeness (QED) is 0.896. The summed E-state index contributed by atoms with van der Waals surface area (Å²) in [5.74, 6) is 0. The lowest BCUT2D eigenvalue weighted by molar-refractivity contribution is 0.0475. The Labute approximate surface area is 132 Å². The summed E-state index contributed by atoms with van der Waals surface area (Å²) in [6.07, 6.45) is 5.31. The molecule has 2 aliphatic carbocycles. The van der Waals surface area contributed by atoms with Crippen LogP contribution in [0.2, 0.25) is 0 Å². The zero-order valence-corrected chi connectivity index (χ0v) is 13.7. The predicted molar refractivity (Wildman–Crippen MR) is 88.3 cm³/mol. The van der Waals surface area contributed by atoms with Crippen LogP contribution in [-0.2, 0) is 17.6 Å². The molecule has 0 unspecified atom stereocenters. The predicted octanol–water partition coefficient (Wildman–Crippen LogP) is 3.64. The highest BCUT2D eigenvalue weighted by molar-refractivity contribution is 5.68. The van der Waals surface area contributed by atoms with E-state index in [0.717, 1.165) is 12.8 Å². The SMILES string of the molecule is CC(C)(C)OC(=O)NC1CC(Nc2ccc3c(c2)CCC3)C1.